The Hall–Kier alpha value is -0.560. The van der Waals surface area contributed by atoms with Crippen LogP contribution in [-0.2, 0) is 23.7 Å². The van der Waals surface area contributed by atoms with Crippen LogP contribution >= 0.6 is 0 Å². The van der Waals surface area contributed by atoms with Crippen molar-refractivity contribution in [3.8, 4) is 0 Å². The first-order valence-corrected chi connectivity index (χ1v) is 10.3. The van der Waals surface area contributed by atoms with Crippen LogP contribution in [-0.4, -0.2) is 145 Å². The number of ether oxygens (including phenoxy) is 5. The Morgan fingerprint density at radius 3 is 1.69 bits per heavy atom. The molecule has 0 aliphatic carbocycles. The summed E-state index contributed by atoms with van der Waals surface area (Å²) in [5.74, 6) is 0. The Balaban J connectivity index is 1.77. The SMILES string of the molecule is CC1OC(OC2C(O)C(CO)OC(OC3C(O)C(C)OC(O)C3O)C2O)C(O)C(O)C1O. The lowest BCUT2D eigenvalue weighted by atomic mass is 9.96. The summed E-state index contributed by atoms with van der Waals surface area (Å²) in [6.07, 6.45) is -22.6. The molecule has 14 heteroatoms. The Morgan fingerprint density at radius 1 is 0.562 bits per heavy atom. The average molecular weight is 472 g/mol. The topological polar surface area (TPSA) is 228 Å². The first-order chi connectivity index (χ1) is 15.0. The monoisotopic (exact) mass is 472 g/mol. The van der Waals surface area contributed by atoms with Gasteiger partial charge in [0.2, 0.25) is 0 Å². The Bertz CT molecular complexity index is 596. The van der Waals surface area contributed by atoms with Crippen molar-refractivity contribution in [2.75, 3.05) is 6.61 Å². The maximum Gasteiger partial charge on any atom is 0.187 e. The molecule has 0 saturated carbocycles. The number of rotatable bonds is 5. The highest BCUT2D eigenvalue weighted by Crippen LogP contribution is 2.32. The van der Waals surface area contributed by atoms with E-state index in [1.54, 1.807) is 0 Å². The molecule has 3 aliphatic heterocycles. The maximum absolute atomic E-state index is 10.7. The fraction of sp³-hybridized carbons (Fsp3) is 1.00. The van der Waals surface area contributed by atoms with Crippen LogP contribution in [0.1, 0.15) is 13.8 Å². The van der Waals surface area contributed by atoms with Crippen LogP contribution in [0.5, 0.6) is 0 Å². The van der Waals surface area contributed by atoms with Gasteiger partial charge < -0.3 is 69.6 Å². The zero-order valence-corrected chi connectivity index (χ0v) is 17.4. The molecular weight excluding hydrogens is 440 g/mol. The zero-order valence-electron chi connectivity index (χ0n) is 17.4. The minimum atomic E-state index is -1.79. The summed E-state index contributed by atoms with van der Waals surface area (Å²) in [6, 6.07) is 0. The van der Waals surface area contributed by atoms with Crippen LogP contribution in [0.15, 0.2) is 0 Å². The summed E-state index contributed by atoms with van der Waals surface area (Å²) >= 11 is 0. The molecule has 14 nitrogen and oxygen atoms in total. The van der Waals surface area contributed by atoms with E-state index in [0.29, 0.717) is 0 Å². The molecule has 3 rings (SSSR count). The van der Waals surface area contributed by atoms with Crippen molar-refractivity contribution in [3.63, 3.8) is 0 Å². The summed E-state index contributed by atoms with van der Waals surface area (Å²) in [4.78, 5) is 0. The van der Waals surface area contributed by atoms with E-state index in [4.69, 9.17) is 23.7 Å². The summed E-state index contributed by atoms with van der Waals surface area (Å²) in [6.45, 7) is 2.09. The lowest BCUT2D eigenvalue weighted by Crippen LogP contribution is -2.66. The molecule has 3 saturated heterocycles. The van der Waals surface area contributed by atoms with E-state index in [1.807, 2.05) is 0 Å². The van der Waals surface area contributed by atoms with Gasteiger partial charge in [0, 0.05) is 0 Å². The first-order valence-electron chi connectivity index (χ1n) is 10.3. The second-order valence-corrected chi connectivity index (χ2v) is 8.30. The van der Waals surface area contributed by atoms with Gasteiger partial charge in [0.15, 0.2) is 18.9 Å². The largest absolute Gasteiger partial charge is 0.394 e. The summed E-state index contributed by atoms with van der Waals surface area (Å²) in [5, 5.41) is 90.9. The third-order valence-corrected chi connectivity index (χ3v) is 6.01. The Kier molecular flexibility index (Phi) is 8.44. The summed E-state index contributed by atoms with van der Waals surface area (Å²) < 4.78 is 26.6. The van der Waals surface area contributed by atoms with E-state index in [-0.39, 0.29) is 0 Å². The molecule has 0 aromatic heterocycles. The van der Waals surface area contributed by atoms with Crippen LogP contribution in [0.3, 0.4) is 0 Å². The van der Waals surface area contributed by atoms with Gasteiger partial charge in [0.1, 0.15) is 61.0 Å². The molecule has 0 amide bonds. The molecule has 0 bridgehead atoms. The zero-order chi connectivity index (χ0) is 23.9. The van der Waals surface area contributed by atoms with Gasteiger partial charge in [0.05, 0.1) is 18.8 Å². The van der Waals surface area contributed by atoms with Crippen molar-refractivity contribution >= 4 is 0 Å². The number of aliphatic hydroxyl groups excluding tert-OH is 9. The highest BCUT2D eigenvalue weighted by atomic mass is 16.7. The van der Waals surface area contributed by atoms with Crippen LogP contribution in [0, 0.1) is 0 Å². The maximum atomic E-state index is 10.7. The molecule has 9 N–H and O–H groups in total. The summed E-state index contributed by atoms with van der Waals surface area (Å²) in [7, 11) is 0. The van der Waals surface area contributed by atoms with Crippen LogP contribution in [0.4, 0.5) is 0 Å². The average Bonchev–Trinajstić information content (AvgIpc) is 2.76. The molecule has 0 spiro atoms. The van der Waals surface area contributed by atoms with Gasteiger partial charge in [-0.2, -0.15) is 0 Å². The molecular formula is C18H32O14. The van der Waals surface area contributed by atoms with E-state index in [2.05, 4.69) is 0 Å². The smallest absolute Gasteiger partial charge is 0.187 e. The highest BCUT2D eigenvalue weighted by molar-refractivity contribution is 4.95. The van der Waals surface area contributed by atoms with Gasteiger partial charge in [-0.05, 0) is 13.8 Å². The van der Waals surface area contributed by atoms with E-state index >= 15 is 0 Å². The van der Waals surface area contributed by atoms with Crippen LogP contribution in [0.2, 0.25) is 0 Å². The third kappa shape index (κ3) is 4.94. The van der Waals surface area contributed by atoms with Crippen molar-refractivity contribution in [2.45, 2.75) is 106 Å². The molecule has 32 heavy (non-hydrogen) atoms. The van der Waals surface area contributed by atoms with Crippen molar-refractivity contribution < 1.29 is 69.6 Å². The molecule has 3 heterocycles. The lowest BCUT2D eigenvalue weighted by Gasteiger charge is -2.47. The second kappa shape index (κ2) is 10.4. The number of hydrogen-bond acceptors (Lipinski definition) is 14. The molecule has 15 atom stereocenters. The van der Waals surface area contributed by atoms with E-state index < -0.39 is 98.7 Å². The lowest BCUT2D eigenvalue weighted by molar-refractivity contribution is -0.376. The third-order valence-electron chi connectivity index (χ3n) is 6.01. The Morgan fingerprint density at radius 2 is 1.09 bits per heavy atom. The predicted molar refractivity (Wildman–Crippen MR) is 98.4 cm³/mol. The molecule has 15 unspecified atom stereocenters. The highest BCUT2D eigenvalue weighted by Gasteiger charge is 2.52. The van der Waals surface area contributed by atoms with Gasteiger partial charge in [-0.15, -0.1) is 0 Å². The fourth-order valence-corrected chi connectivity index (χ4v) is 3.94. The van der Waals surface area contributed by atoms with Gasteiger partial charge >= 0.3 is 0 Å². The van der Waals surface area contributed by atoms with E-state index in [0.717, 1.165) is 0 Å². The van der Waals surface area contributed by atoms with E-state index in [9.17, 15) is 46.0 Å². The van der Waals surface area contributed by atoms with Crippen molar-refractivity contribution in [2.24, 2.45) is 0 Å². The van der Waals surface area contributed by atoms with Gasteiger partial charge in [-0.25, -0.2) is 0 Å². The molecule has 188 valence electrons. The Labute approximate surface area is 183 Å². The summed E-state index contributed by atoms with van der Waals surface area (Å²) in [5.41, 5.74) is 0. The standard InChI is InChI=1S/C18H32O14/c1-4-7(20)10(23)11(24)17(29-4)32-15-9(22)6(3-19)30-18(13(15)26)31-14-8(21)5(2)28-16(27)12(14)25/h4-27H,3H2,1-2H3. The van der Waals surface area contributed by atoms with Gasteiger partial charge in [-0.3, -0.25) is 0 Å². The van der Waals surface area contributed by atoms with Crippen LogP contribution in [0.25, 0.3) is 0 Å². The second-order valence-electron chi connectivity index (χ2n) is 8.30. The van der Waals surface area contributed by atoms with E-state index in [1.165, 1.54) is 13.8 Å². The van der Waals surface area contributed by atoms with Gasteiger partial charge in [-0.1, -0.05) is 0 Å². The van der Waals surface area contributed by atoms with Gasteiger partial charge in [0.25, 0.3) is 0 Å². The molecule has 0 aromatic carbocycles. The van der Waals surface area contributed by atoms with Crippen molar-refractivity contribution in [1.82, 2.24) is 0 Å². The normalized spacial score (nSPS) is 55.0. The van der Waals surface area contributed by atoms with Crippen molar-refractivity contribution in [3.05, 3.63) is 0 Å². The molecule has 3 fully saturated rings. The molecule has 3 aliphatic rings. The van der Waals surface area contributed by atoms with Crippen LogP contribution < -0.4 is 0 Å². The predicted octanol–water partition coefficient (Wildman–Crippen LogP) is -5.52. The quantitative estimate of drug-likeness (QED) is 0.182. The number of aliphatic hydroxyl groups is 9. The first kappa shape index (κ1) is 26.1. The number of hydrogen-bond donors (Lipinski definition) is 9. The fourth-order valence-electron chi connectivity index (χ4n) is 3.94. The molecule has 0 radical (unpaired) electrons. The minimum Gasteiger partial charge on any atom is -0.394 e. The molecule has 0 aromatic rings. The minimum absolute atomic E-state index is 0.739. The van der Waals surface area contributed by atoms with Crippen molar-refractivity contribution in [1.29, 1.82) is 0 Å².